The van der Waals surface area contributed by atoms with Crippen molar-refractivity contribution in [3.8, 4) is 5.75 Å². The minimum Gasteiger partial charge on any atom is -0.489 e. The molecule has 3 N–H and O–H groups in total. The van der Waals surface area contributed by atoms with Crippen LogP contribution in [-0.2, 0) is 4.79 Å². The van der Waals surface area contributed by atoms with Crippen molar-refractivity contribution in [2.45, 2.75) is 69.4 Å². The van der Waals surface area contributed by atoms with Crippen LogP contribution in [0.15, 0.2) is 18.3 Å². The minimum absolute atomic E-state index is 0.0539. The molecule has 1 atom stereocenters. The van der Waals surface area contributed by atoms with Gasteiger partial charge >= 0.3 is 0 Å². The fourth-order valence-electron chi connectivity index (χ4n) is 2.83. The molecule has 0 unspecified atom stereocenters. The van der Waals surface area contributed by atoms with E-state index in [-0.39, 0.29) is 22.8 Å². The molecule has 1 fully saturated rings. The molecule has 0 aliphatic heterocycles. The predicted molar refractivity (Wildman–Crippen MR) is 99.4 cm³/mol. The van der Waals surface area contributed by atoms with Crippen LogP contribution in [0.25, 0.3) is 0 Å². The van der Waals surface area contributed by atoms with E-state index in [0.717, 1.165) is 37.1 Å². The monoisotopic (exact) mass is 351 g/mol. The highest BCUT2D eigenvalue weighted by Gasteiger charge is 2.33. The number of thioether (sulfide) groups is 1. The van der Waals surface area contributed by atoms with Crippen molar-refractivity contribution in [1.82, 2.24) is 10.3 Å². The second-order valence-corrected chi connectivity index (χ2v) is 8.43. The lowest BCUT2D eigenvalue weighted by molar-refractivity contribution is -0.123. The van der Waals surface area contributed by atoms with Crippen LogP contribution in [-0.4, -0.2) is 40.1 Å². The van der Waals surface area contributed by atoms with Crippen LogP contribution < -0.4 is 15.8 Å². The third kappa shape index (κ3) is 4.86. The molecule has 0 aromatic carbocycles. The largest absolute Gasteiger partial charge is 0.489 e. The van der Waals surface area contributed by atoms with Gasteiger partial charge in [-0.25, -0.2) is 0 Å². The number of nitrogens with two attached hydrogens (primary N) is 1. The summed E-state index contributed by atoms with van der Waals surface area (Å²) in [5, 5.41) is 3.11. The quantitative estimate of drug-likeness (QED) is 0.824. The number of amides is 1. The molecule has 5 nitrogen and oxygen atoms in total. The molecule has 2 rings (SSSR count). The van der Waals surface area contributed by atoms with Crippen molar-refractivity contribution < 1.29 is 9.53 Å². The van der Waals surface area contributed by atoms with Gasteiger partial charge in [0.15, 0.2) is 0 Å². The van der Waals surface area contributed by atoms with Gasteiger partial charge in [0, 0.05) is 17.0 Å². The van der Waals surface area contributed by atoms with Crippen LogP contribution in [0.5, 0.6) is 5.75 Å². The van der Waals surface area contributed by atoms with Crippen LogP contribution in [0.3, 0.4) is 0 Å². The molecule has 1 aliphatic carbocycles. The SMILES string of the molecule is CSC(C)(C)[C@H](N)C(=O)NC1CCC(Oc2cccnc2C)CC1. The molecule has 1 amide bonds. The molecule has 0 bridgehead atoms. The zero-order valence-corrected chi connectivity index (χ0v) is 15.9. The van der Waals surface area contributed by atoms with Crippen LogP contribution in [0.2, 0.25) is 0 Å². The van der Waals surface area contributed by atoms with Crippen LogP contribution in [0.1, 0.15) is 45.2 Å². The first-order chi connectivity index (χ1) is 11.3. The minimum atomic E-state index is -0.500. The normalized spacial score (nSPS) is 22.7. The molecular weight excluding hydrogens is 322 g/mol. The van der Waals surface area contributed by atoms with Crippen LogP contribution in [0, 0.1) is 6.92 Å². The van der Waals surface area contributed by atoms with E-state index >= 15 is 0 Å². The molecule has 0 spiro atoms. The summed E-state index contributed by atoms with van der Waals surface area (Å²) in [4.78, 5) is 16.6. The van der Waals surface area contributed by atoms with E-state index < -0.39 is 6.04 Å². The van der Waals surface area contributed by atoms with E-state index in [2.05, 4.69) is 10.3 Å². The average Bonchev–Trinajstić information content (AvgIpc) is 2.58. The van der Waals surface area contributed by atoms with Crippen LogP contribution in [0.4, 0.5) is 0 Å². The average molecular weight is 352 g/mol. The molecule has 6 heteroatoms. The van der Waals surface area contributed by atoms with Crippen LogP contribution >= 0.6 is 11.8 Å². The lowest BCUT2D eigenvalue weighted by Gasteiger charge is -2.33. The first-order valence-electron chi connectivity index (χ1n) is 8.53. The summed E-state index contributed by atoms with van der Waals surface area (Å²) in [5.41, 5.74) is 7.02. The molecule has 134 valence electrons. The second kappa shape index (κ2) is 8.21. The highest BCUT2D eigenvalue weighted by atomic mass is 32.2. The molecule has 1 aliphatic rings. The number of rotatable bonds is 6. The number of hydrogen-bond acceptors (Lipinski definition) is 5. The number of hydrogen-bond donors (Lipinski definition) is 2. The molecule has 24 heavy (non-hydrogen) atoms. The molecule has 0 saturated heterocycles. The van der Waals surface area contributed by atoms with E-state index in [9.17, 15) is 4.79 Å². The highest BCUT2D eigenvalue weighted by molar-refractivity contribution is 8.00. The Morgan fingerprint density at radius 2 is 2.08 bits per heavy atom. The number of nitrogens with one attached hydrogen (secondary N) is 1. The maximum Gasteiger partial charge on any atom is 0.238 e. The zero-order valence-electron chi connectivity index (χ0n) is 15.0. The van der Waals surface area contributed by atoms with Gasteiger partial charge in [-0.3, -0.25) is 9.78 Å². The Morgan fingerprint density at radius 3 is 2.67 bits per heavy atom. The van der Waals surface area contributed by atoms with Crippen molar-refractivity contribution >= 4 is 17.7 Å². The summed E-state index contributed by atoms with van der Waals surface area (Å²) < 4.78 is 5.79. The van der Waals surface area contributed by atoms with Gasteiger partial charge in [0.05, 0.1) is 17.8 Å². The van der Waals surface area contributed by atoms with Crippen molar-refractivity contribution in [2.75, 3.05) is 6.26 Å². The van der Waals surface area contributed by atoms with Gasteiger partial charge in [-0.15, -0.1) is 0 Å². The van der Waals surface area contributed by atoms with Gasteiger partial charge in [-0.1, -0.05) is 0 Å². The molecule has 1 aromatic heterocycles. The van der Waals surface area contributed by atoms with E-state index in [4.69, 9.17) is 10.5 Å². The Hall–Kier alpha value is -1.27. The fourth-order valence-corrected chi connectivity index (χ4v) is 3.19. The molecule has 0 radical (unpaired) electrons. The molecule has 1 aromatic rings. The Morgan fingerprint density at radius 1 is 1.42 bits per heavy atom. The van der Waals surface area contributed by atoms with Crippen molar-refractivity contribution in [2.24, 2.45) is 5.73 Å². The predicted octanol–water partition coefficient (Wildman–Crippen LogP) is 2.67. The number of carbonyl (C=O) groups excluding carboxylic acids is 1. The highest BCUT2D eigenvalue weighted by Crippen LogP contribution is 2.27. The number of ether oxygens (including phenoxy) is 1. The van der Waals surface area contributed by atoms with E-state index in [1.165, 1.54) is 0 Å². The van der Waals surface area contributed by atoms with E-state index in [1.54, 1.807) is 18.0 Å². The summed E-state index contributed by atoms with van der Waals surface area (Å²) >= 11 is 1.62. The Kier molecular flexibility index (Phi) is 6.52. The van der Waals surface area contributed by atoms with Gasteiger partial charge < -0.3 is 15.8 Å². The topological polar surface area (TPSA) is 77.2 Å². The molecule has 1 saturated carbocycles. The number of carbonyl (C=O) groups is 1. The Balaban J connectivity index is 1.81. The number of nitrogens with zero attached hydrogens (tertiary/aromatic N) is 1. The third-order valence-electron chi connectivity index (χ3n) is 4.83. The fraction of sp³-hybridized carbons (Fsp3) is 0.667. The first-order valence-corrected chi connectivity index (χ1v) is 9.75. The number of aromatic nitrogens is 1. The van der Waals surface area contributed by atoms with Crippen molar-refractivity contribution in [3.63, 3.8) is 0 Å². The van der Waals surface area contributed by atoms with Gasteiger partial charge in [-0.2, -0.15) is 11.8 Å². The number of pyridine rings is 1. The summed E-state index contributed by atoms with van der Waals surface area (Å²) in [7, 11) is 0. The van der Waals surface area contributed by atoms with Crippen molar-refractivity contribution in [3.05, 3.63) is 24.0 Å². The first kappa shape index (κ1) is 19.1. The van der Waals surface area contributed by atoms with E-state index in [0.29, 0.717) is 0 Å². The summed E-state index contributed by atoms with van der Waals surface area (Å²) in [6.45, 7) is 5.96. The zero-order chi connectivity index (χ0) is 17.7. The Labute approximate surface area is 149 Å². The van der Waals surface area contributed by atoms with Crippen molar-refractivity contribution in [1.29, 1.82) is 0 Å². The van der Waals surface area contributed by atoms with Gasteiger partial charge in [0.25, 0.3) is 0 Å². The summed E-state index contributed by atoms with van der Waals surface area (Å²) in [6, 6.07) is 3.54. The molecular formula is C18H29N3O2S. The summed E-state index contributed by atoms with van der Waals surface area (Å²) in [5.74, 6) is 0.801. The summed E-state index contributed by atoms with van der Waals surface area (Å²) in [6.07, 6.45) is 7.65. The van der Waals surface area contributed by atoms with E-state index in [1.807, 2.05) is 39.2 Å². The maximum atomic E-state index is 12.3. The smallest absolute Gasteiger partial charge is 0.238 e. The van der Waals surface area contributed by atoms with Gasteiger partial charge in [-0.05, 0) is 64.8 Å². The Bertz CT molecular complexity index is 557. The van der Waals surface area contributed by atoms with Gasteiger partial charge in [0.2, 0.25) is 5.91 Å². The third-order valence-corrected chi connectivity index (χ3v) is 6.14. The second-order valence-electron chi connectivity index (χ2n) is 6.97. The lowest BCUT2D eigenvalue weighted by Crippen LogP contribution is -2.54. The number of aryl methyl sites for hydroxylation is 1. The van der Waals surface area contributed by atoms with Gasteiger partial charge in [0.1, 0.15) is 5.75 Å². The lowest BCUT2D eigenvalue weighted by atomic mass is 9.92. The maximum absolute atomic E-state index is 12.3. The standard InChI is InChI=1S/C18H29N3O2S/c1-12-15(6-5-11-20-12)23-14-9-7-13(8-10-14)21-17(22)16(19)18(2,3)24-4/h5-6,11,13-14,16H,7-10,19H2,1-4H3,(H,21,22)/t13?,14?,16-/m1/s1. The molecule has 1 heterocycles.